The van der Waals surface area contributed by atoms with Crippen molar-refractivity contribution in [2.24, 2.45) is 0 Å². The van der Waals surface area contributed by atoms with Gasteiger partial charge < -0.3 is 10.1 Å². The first kappa shape index (κ1) is 16.1. The number of fused-ring (bicyclic) bond motifs is 1. The van der Waals surface area contributed by atoms with E-state index in [0.717, 1.165) is 6.54 Å². The normalized spacial score (nSPS) is 14.2. The molecule has 0 aromatic heterocycles. The van der Waals surface area contributed by atoms with Crippen LogP contribution in [0.1, 0.15) is 18.5 Å². The molecule has 2 unspecified atom stereocenters. The molecule has 0 saturated heterocycles. The third-order valence-electron chi connectivity index (χ3n) is 3.49. The Kier molecular flexibility index (Phi) is 6.36. The molecule has 3 nitrogen and oxygen atoms in total. The van der Waals surface area contributed by atoms with E-state index >= 15 is 0 Å². The molecule has 0 aliphatic carbocycles. The molecule has 0 aliphatic rings. The Morgan fingerprint density at radius 2 is 1.95 bits per heavy atom. The maximum absolute atomic E-state index is 12.1. The van der Waals surface area contributed by atoms with Gasteiger partial charge in [-0.1, -0.05) is 43.3 Å². The van der Waals surface area contributed by atoms with E-state index < -0.39 is 10.8 Å². The molecule has 0 spiro atoms. The molecule has 114 valence electrons. The number of benzene rings is 2. The molecule has 0 amide bonds. The van der Waals surface area contributed by atoms with Gasteiger partial charge in [-0.3, -0.25) is 4.21 Å². The Balaban J connectivity index is 2.17. The summed E-state index contributed by atoms with van der Waals surface area (Å²) >= 11 is 0. The average Bonchev–Trinajstić information content (AvgIpc) is 2.52. The van der Waals surface area contributed by atoms with Gasteiger partial charge in [-0.05, 0) is 28.9 Å². The number of nitrogens with one attached hydrogen (secondary N) is 1. The fourth-order valence-electron chi connectivity index (χ4n) is 2.39. The second-order valence-corrected chi connectivity index (χ2v) is 6.64. The summed E-state index contributed by atoms with van der Waals surface area (Å²) in [6, 6.07) is 14.9. The van der Waals surface area contributed by atoms with Crippen LogP contribution in [0.5, 0.6) is 0 Å². The first-order valence-corrected chi connectivity index (χ1v) is 8.79. The van der Waals surface area contributed by atoms with Crippen molar-refractivity contribution in [1.82, 2.24) is 5.32 Å². The van der Waals surface area contributed by atoms with Crippen molar-refractivity contribution in [3.63, 3.8) is 0 Å². The van der Waals surface area contributed by atoms with E-state index in [0.29, 0.717) is 18.1 Å². The van der Waals surface area contributed by atoms with E-state index in [2.05, 4.69) is 42.6 Å². The standard InChI is InChI=1S/C17H23NO2S/c1-3-18-17(13-21(19)11-10-20-2)16-9-8-14-6-4-5-7-15(14)12-16/h4-9,12,17-18H,3,10-11,13H2,1-2H3. The molecule has 0 heterocycles. The maximum atomic E-state index is 12.1. The monoisotopic (exact) mass is 305 g/mol. The van der Waals surface area contributed by atoms with Gasteiger partial charge in [0.2, 0.25) is 0 Å². The average molecular weight is 305 g/mol. The Bertz CT molecular complexity index is 600. The van der Waals surface area contributed by atoms with Gasteiger partial charge in [-0.2, -0.15) is 0 Å². The van der Waals surface area contributed by atoms with Gasteiger partial charge in [0.1, 0.15) is 0 Å². The highest BCUT2D eigenvalue weighted by molar-refractivity contribution is 7.85. The molecular formula is C17H23NO2S. The lowest BCUT2D eigenvalue weighted by molar-refractivity contribution is 0.218. The highest BCUT2D eigenvalue weighted by Gasteiger charge is 2.14. The zero-order valence-electron chi connectivity index (χ0n) is 12.7. The molecule has 1 N–H and O–H groups in total. The van der Waals surface area contributed by atoms with E-state index in [9.17, 15) is 4.21 Å². The van der Waals surface area contributed by atoms with E-state index in [-0.39, 0.29) is 6.04 Å². The molecule has 21 heavy (non-hydrogen) atoms. The van der Waals surface area contributed by atoms with Gasteiger partial charge in [0, 0.05) is 35.5 Å². The summed E-state index contributed by atoms with van der Waals surface area (Å²) in [5.74, 6) is 1.21. The number of hydrogen-bond donors (Lipinski definition) is 1. The van der Waals surface area contributed by atoms with Crippen LogP contribution in [0, 0.1) is 0 Å². The summed E-state index contributed by atoms with van der Waals surface area (Å²) in [4.78, 5) is 0. The Morgan fingerprint density at radius 1 is 1.19 bits per heavy atom. The third-order valence-corrected chi connectivity index (χ3v) is 4.82. The molecule has 0 fully saturated rings. The second kappa shape index (κ2) is 8.27. The first-order chi connectivity index (χ1) is 10.2. The number of methoxy groups -OCH3 is 1. The zero-order valence-corrected chi connectivity index (χ0v) is 13.5. The smallest absolute Gasteiger partial charge is 0.0577 e. The molecule has 4 heteroatoms. The van der Waals surface area contributed by atoms with Gasteiger partial charge in [0.05, 0.1) is 6.61 Å². The summed E-state index contributed by atoms with van der Waals surface area (Å²) in [5, 5.41) is 5.89. The molecule has 0 aliphatic heterocycles. The van der Waals surface area contributed by atoms with Crippen LogP contribution in [-0.4, -0.2) is 36.0 Å². The molecule has 2 aromatic carbocycles. The topological polar surface area (TPSA) is 38.3 Å². The van der Waals surface area contributed by atoms with Crippen LogP contribution in [0.25, 0.3) is 10.8 Å². The van der Waals surface area contributed by atoms with Gasteiger partial charge in [0.25, 0.3) is 0 Å². The van der Waals surface area contributed by atoms with Crippen molar-refractivity contribution < 1.29 is 8.95 Å². The van der Waals surface area contributed by atoms with Crippen molar-refractivity contribution in [2.75, 3.05) is 31.8 Å². The number of rotatable bonds is 8. The highest BCUT2D eigenvalue weighted by atomic mass is 32.2. The van der Waals surface area contributed by atoms with Crippen molar-refractivity contribution in [1.29, 1.82) is 0 Å². The second-order valence-electron chi connectivity index (χ2n) is 5.02. The summed E-state index contributed by atoms with van der Waals surface area (Å²) in [7, 11) is 0.768. The van der Waals surface area contributed by atoms with Crippen LogP contribution in [0.4, 0.5) is 0 Å². The molecule has 2 aromatic rings. The van der Waals surface area contributed by atoms with Crippen LogP contribution < -0.4 is 5.32 Å². The molecule has 0 bridgehead atoms. The first-order valence-electron chi connectivity index (χ1n) is 7.30. The molecule has 2 rings (SSSR count). The Morgan fingerprint density at radius 3 is 2.67 bits per heavy atom. The van der Waals surface area contributed by atoms with Crippen LogP contribution in [-0.2, 0) is 15.5 Å². The molecule has 0 radical (unpaired) electrons. The van der Waals surface area contributed by atoms with E-state index in [1.807, 2.05) is 12.1 Å². The van der Waals surface area contributed by atoms with Crippen molar-refractivity contribution >= 4 is 21.6 Å². The van der Waals surface area contributed by atoms with E-state index in [1.54, 1.807) is 7.11 Å². The summed E-state index contributed by atoms with van der Waals surface area (Å²) < 4.78 is 17.1. The summed E-state index contributed by atoms with van der Waals surface area (Å²) in [5.41, 5.74) is 1.20. The fraction of sp³-hybridized carbons (Fsp3) is 0.412. The van der Waals surface area contributed by atoms with Gasteiger partial charge in [-0.25, -0.2) is 0 Å². The number of ether oxygens (including phenoxy) is 1. The van der Waals surface area contributed by atoms with Crippen LogP contribution in [0.15, 0.2) is 42.5 Å². The summed E-state index contributed by atoms with van der Waals surface area (Å²) in [6.07, 6.45) is 0. The SMILES string of the molecule is CCNC(CS(=O)CCOC)c1ccc2ccccc2c1. The van der Waals surface area contributed by atoms with Gasteiger partial charge >= 0.3 is 0 Å². The van der Waals surface area contributed by atoms with Crippen molar-refractivity contribution in [3.05, 3.63) is 48.0 Å². The lowest BCUT2D eigenvalue weighted by atomic mass is 10.0. The Labute approximate surface area is 129 Å². The number of hydrogen-bond acceptors (Lipinski definition) is 3. The lowest BCUT2D eigenvalue weighted by Crippen LogP contribution is -2.27. The third kappa shape index (κ3) is 4.63. The largest absolute Gasteiger partial charge is 0.384 e. The lowest BCUT2D eigenvalue weighted by Gasteiger charge is -2.18. The maximum Gasteiger partial charge on any atom is 0.0577 e. The van der Waals surface area contributed by atoms with Gasteiger partial charge in [0.15, 0.2) is 0 Å². The van der Waals surface area contributed by atoms with Gasteiger partial charge in [-0.15, -0.1) is 0 Å². The van der Waals surface area contributed by atoms with Crippen LogP contribution >= 0.6 is 0 Å². The van der Waals surface area contributed by atoms with Crippen LogP contribution in [0.3, 0.4) is 0 Å². The van der Waals surface area contributed by atoms with E-state index in [1.165, 1.54) is 16.3 Å². The minimum Gasteiger partial charge on any atom is -0.384 e. The Hall–Kier alpha value is -1.23. The minimum atomic E-state index is -0.873. The van der Waals surface area contributed by atoms with E-state index in [4.69, 9.17) is 4.74 Å². The molecule has 2 atom stereocenters. The minimum absolute atomic E-state index is 0.122. The predicted molar refractivity (Wildman–Crippen MR) is 90.1 cm³/mol. The molecule has 0 saturated carbocycles. The predicted octanol–water partition coefficient (Wildman–Crippen LogP) is 2.89. The molecular weight excluding hydrogens is 282 g/mol. The summed E-state index contributed by atoms with van der Waals surface area (Å²) in [6.45, 7) is 3.48. The van der Waals surface area contributed by atoms with Crippen LogP contribution in [0.2, 0.25) is 0 Å². The zero-order chi connectivity index (χ0) is 15.1. The highest BCUT2D eigenvalue weighted by Crippen LogP contribution is 2.21. The van der Waals surface area contributed by atoms with Crippen molar-refractivity contribution in [2.45, 2.75) is 13.0 Å². The quantitative estimate of drug-likeness (QED) is 0.815. The van der Waals surface area contributed by atoms with Crippen molar-refractivity contribution in [3.8, 4) is 0 Å². The fourth-order valence-corrected chi connectivity index (χ4v) is 3.59.